The number of ketones is 4. The first-order valence-corrected chi connectivity index (χ1v) is 39.4. The van der Waals surface area contributed by atoms with Gasteiger partial charge in [-0.25, -0.2) is 0 Å². The van der Waals surface area contributed by atoms with Crippen molar-refractivity contribution < 1.29 is 77.0 Å². The van der Waals surface area contributed by atoms with Crippen molar-refractivity contribution in [3.05, 3.63) is 24.7 Å². The SMILES string of the molecule is C=C1CC(CCCCCCCCCC(C)=O)C(=O)O1.C=C1CC(CCCCCCCCCC(C)=O)C(=O)O1.CC(=O)CCCCCCCCCC(CC(=O)OCC(C)C)C(=O)OCC(C)C.CC(C)CO.CC(C)CO.CCC(CCCCCCCCCC(C)=O)CC(=O)OCC(C)C. The van der Waals surface area contributed by atoms with E-state index in [-0.39, 0.29) is 65.7 Å². The van der Waals surface area contributed by atoms with Crippen molar-refractivity contribution in [2.45, 2.75) is 367 Å². The molecule has 2 aliphatic heterocycles. The third kappa shape index (κ3) is 77.4. The Morgan fingerprint density at radius 3 is 0.919 bits per heavy atom. The van der Waals surface area contributed by atoms with Gasteiger partial charge in [-0.15, -0.1) is 0 Å². The molecule has 2 saturated heterocycles. The smallest absolute Gasteiger partial charge is 0.314 e. The van der Waals surface area contributed by atoms with Crippen LogP contribution in [0.5, 0.6) is 0 Å². The zero-order valence-corrected chi connectivity index (χ0v) is 66.2. The lowest BCUT2D eigenvalue weighted by Crippen LogP contribution is -2.24. The minimum absolute atomic E-state index is 0.0315. The second-order valence-electron chi connectivity index (χ2n) is 30.3. The van der Waals surface area contributed by atoms with Gasteiger partial charge in [0.25, 0.3) is 0 Å². The van der Waals surface area contributed by atoms with Gasteiger partial charge < -0.3 is 53.1 Å². The Morgan fingerprint density at radius 2 is 0.657 bits per heavy atom. The lowest BCUT2D eigenvalue weighted by atomic mass is 9.95. The minimum Gasteiger partial charge on any atom is -0.465 e. The molecule has 0 aromatic carbocycles. The summed E-state index contributed by atoms with van der Waals surface area (Å²) in [6, 6.07) is 0. The van der Waals surface area contributed by atoms with Crippen LogP contribution in [0.4, 0.5) is 0 Å². The fourth-order valence-corrected chi connectivity index (χ4v) is 10.5. The number of ether oxygens (including phenoxy) is 5. The first-order valence-electron chi connectivity index (χ1n) is 39.4. The van der Waals surface area contributed by atoms with Crippen LogP contribution in [0.3, 0.4) is 0 Å². The number of Topliss-reactive ketones (excluding diaryl/α,β-unsaturated/α-hetero) is 4. The van der Waals surface area contributed by atoms with Crippen LogP contribution in [0.25, 0.3) is 0 Å². The average molecular weight is 1410 g/mol. The molecule has 0 spiro atoms. The number of esters is 5. The number of unbranched alkanes of at least 4 members (excludes halogenated alkanes) is 24. The Hall–Kier alpha value is -4.57. The Bertz CT molecular complexity index is 2000. The first-order chi connectivity index (χ1) is 46.9. The van der Waals surface area contributed by atoms with Crippen molar-refractivity contribution in [1.29, 1.82) is 0 Å². The van der Waals surface area contributed by atoms with Gasteiger partial charge in [0, 0.05) is 58.2 Å². The molecule has 0 aromatic heterocycles. The summed E-state index contributed by atoms with van der Waals surface area (Å²) >= 11 is 0. The Balaban J connectivity index is -0.000000584. The second kappa shape index (κ2) is 70.5. The highest BCUT2D eigenvalue weighted by Gasteiger charge is 2.30. The molecule has 16 nitrogen and oxygen atoms in total. The van der Waals surface area contributed by atoms with Crippen LogP contribution in [-0.2, 0) is 66.8 Å². The van der Waals surface area contributed by atoms with Crippen molar-refractivity contribution in [1.82, 2.24) is 0 Å². The molecule has 2 fully saturated rings. The summed E-state index contributed by atoms with van der Waals surface area (Å²) in [5, 5.41) is 16.3. The van der Waals surface area contributed by atoms with E-state index in [4.69, 9.17) is 33.9 Å². The van der Waals surface area contributed by atoms with E-state index < -0.39 is 5.92 Å². The van der Waals surface area contributed by atoms with Crippen molar-refractivity contribution >= 4 is 53.0 Å². The Labute approximate surface area is 605 Å². The molecule has 2 rings (SSSR count). The van der Waals surface area contributed by atoms with Crippen LogP contribution in [-0.4, -0.2) is 96.2 Å². The fraction of sp³-hybridized carbons (Fsp3) is 0.843. The molecule has 16 heteroatoms. The van der Waals surface area contributed by atoms with Crippen LogP contribution in [0.2, 0.25) is 0 Å². The summed E-state index contributed by atoms with van der Waals surface area (Å²) in [5.41, 5.74) is 0. The summed E-state index contributed by atoms with van der Waals surface area (Å²) in [7, 11) is 0. The maximum Gasteiger partial charge on any atom is 0.314 e. The van der Waals surface area contributed by atoms with E-state index >= 15 is 0 Å². The molecule has 0 saturated carbocycles. The predicted molar refractivity (Wildman–Crippen MR) is 403 cm³/mol. The number of carbonyl (C=O) groups excluding carboxylic acids is 9. The van der Waals surface area contributed by atoms with Gasteiger partial charge in [-0.2, -0.15) is 0 Å². The van der Waals surface area contributed by atoms with Gasteiger partial charge in [0.05, 0.1) is 44.0 Å². The van der Waals surface area contributed by atoms with Crippen molar-refractivity contribution in [3.8, 4) is 0 Å². The van der Waals surface area contributed by atoms with Gasteiger partial charge in [0.1, 0.15) is 34.7 Å². The lowest BCUT2D eigenvalue weighted by molar-refractivity contribution is -0.156. The highest BCUT2D eigenvalue weighted by atomic mass is 16.6. The lowest BCUT2D eigenvalue weighted by Gasteiger charge is -2.17. The van der Waals surface area contributed by atoms with Crippen LogP contribution in [0.1, 0.15) is 367 Å². The largest absolute Gasteiger partial charge is 0.465 e. The number of aliphatic hydroxyl groups is 2. The number of hydrogen-bond donors (Lipinski definition) is 2. The average Bonchev–Trinajstić information content (AvgIpc) is 1.79. The van der Waals surface area contributed by atoms with Crippen LogP contribution in [0, 0.1) is 53.3 Å². The number of aliphatic hydroxyl groups excluding tert-OH is 2. The minimum atomic E-state index is -0.408. The first kappa shape index (κ1) is 101. The van der Waals surface area contributed by atoms with Gasteiger partial charge >= 0.3 is 29.8 Å². The Kier molecular flexibility index (Phi) is 71.7. The van der Waals surface area contributed by atoms with E-state index in [1.807, 2.05) is 55.4 Å². The molecule has 99 heavy (non-hydrogen) atoms. The number of cyclic esters (lactones) is 2. The molecule has 0 aliphatic carbocycles. The van der Waals surface area contributed by atoms with E-state index in [9.17, 15) is 43.2 Å². The van der Waals surface area contributed by atoms with E-state index in [0.717, 1.165) is 135 Å². The molecule has 0 amide bonds. The molecule has 4 atom stereocenters. The van der Waals surface area contributed by atoms with Gasteiger partial charge in [0.15, 0.2) is 0 Å². The molecular formula is C83H152O16. The van der Waals surface area contributed by atoms with Gasteiger partial charge in [-0.3, -0.25) is 24.0 Å². The van der Waals surface area contributed by atoms with Crippen LogP contribution < -0.4 is 0 Å². The van der Waals surface area contributed by atoms with E-state index in [1.54, 1.807) is 27.7 Å². The summed E-state index contributed by atoms with van der Waals surface area (Å²) in [6.45, 7) is 38.1. The van der Waals surface area contributed by atoms with Gasteiger partial charge in [-0.05, 0) is 115 Å². The number of hydrogen-bond acceptors (Lipinski definition) is 16. The fourth-order valence-electron chi connectivity index (χ4n) is 10.5. The maximum absolute atomic E-state index is 12.4. The molecule has 0 radical (unpaired) electrons. The normalized spacial score (nSPS) is 14.5. The van der Waals surface area contributed by atoms with E-state index in [2.05, 4.69) is 33.9 Å². The molecule has 2 heterocycles. The van der Waals surface area contributed by atoms with Crippen molar-refractivity contribution in [2.75, 3.05) is 33.0 Å². The van der Waals surface area contributed by atoms with Gasteiger partial charge in [0.2, 0.25) is 0 Å². The predicted octanol–water partition coefficient (Wildman–Crippen LogP) is 20.8. The highest BCUT2D eigenvalue weighted by Crippen LogP contribution is 2.29. The molecule has 580 valence electrons. The zero-order valence-electron chi connectivity index (χ0n) is 66.2. The maximum atomic E-state index is 12.4. The topological polar surface area (TPSA) is 240 Å². The van der Waals surface area contributed by atoms with Gasteiger partial charge in [-0.1, -0.05) is 250 Å². The molecular weight excluding hydrogens is 1250 g/mol. The van der Waals surface area contributed by atoms with Crippen LogP contribution >= 0.6 is 0 Å². The molecule has 2 aliphatic rings. The third-order valence-electron chi connectivity index (χ3n) is 16.7. The monoisotopic (exact) mass is 1410 g/mol. The highest BCUT2D eigenvalue weighted by molar-refractivity contribution is 5.80. The molecule has 4 unspecified atom stereocenters. The number of carbonyl (C=O) groups is 9. The standard InChI is InChI=1S/C23H42O5.C20H38O3.2C16H26O3.2C4H10O/c1-18(2)16-27-22(25)15-21(23(26)28-17-19(3)4)14-12-10-8-6-7-9-11-13-20(5)24;1-5-19(15-20(22)23-16-17(2)3)14-12-10-8-6-7-9-11-13-18(4)21;2*1-13(17)10-8-6-4-3-5-7-9-11-15-12-14(2)19-16(15)18;2*1-4(2)3-5/h18-19,21H,6-17H2,1-5H3;17,19H,5-16H2,1-4H3;2*15H,2-12H2,1H3;2*4-5H,3H2,1-2H3. The molecule has 0 bridgehead atoms. The van der Waals surface area contributed by atoms with E-state index in [0.29, 0.717) is 118 Å². The zero-order chi connectivity index (χ0) is 75.6. The molecule has 0 aromatic rings. The number of allylic oxidation sites excluding steroid dienone is 2. The quantitative estimate of drug-likeness (QED) is 0.0327. The second-order valence-corrected chi connectivity index (χ2v) is 30.3. The summed E-state index contributed by atoms with van der Waals surface area (Å²) in [6.07, 6.45) is 42.0. The van der Waals surface area contributed by atoms with Crippen LogP contribution in [0.15, 0.2) is 24.7 Å². The number of rotatable bonds is 54. The summed E-state index contributed by atoms with van der Waals surface area (Å²) in [5.74, 6) is 3.65. The van der Waals surface area contributed by atoms with Crippen molar-refractivity contribution in [3.63, 3.8) is 0 Å². The molecule has 2 N–H and O–H groups in total. The Morgan fingerprint density at radius 1 is 0.394 bits per heavy atom. The van der Waals surface area contributed by atoms with Crippen molar-refractivity contribution in [2.24, 2.45) is 53.3 Å². The summed E-state index contributed by atoms with van der Waals surface area (Å²) in [4.78, 5) is 102. The van der Waals surface area contributed by atoms with E-state index in [1.165, 1.54) is 89.9 Å². The summed E-state index contributed by atoms with van der Waals surface area (Å²) < 4.78 is 25.8. The third-order valence-corrected chi connectivity index (χ3v) is 16.7.